The van der Waals surface area contributed by atoms with E-state index in [1.165, 1.54) is 0 Å². The maximum Gasteiger partial charge on any atom is 0.311 e. The number of esters is 1. The summed E-state index contributed by atoms with van der Waals surface area (Å²) >= 11 is 1.60. The number of carbonyl (C=O) groups is 3. The zero-order valence-electron chi connectivity index (χ0n) is 23.6. The fourth-order valence-corrected chi connectivity index (χ4v) is 9.72. The van der Waals surface area contributed by atoms with Crippen molar-refractivity contribution in [3.05, 3.63) is 77.9 Å². The monoisotopic (exact) mass is 562 g/mol. The van der Waals surface area contributed by atoms with Gasteiger partial charge in [-0.15, -0.1) is 18.3 Å². The average molecular weight is 563 g/mol. The van der Waals surface area contributed by atoms with E-state index in [2.05, 4.69) is 6.58 Å². The number of nitrogens with zero attached hydrogens (tertiary/aromatic N) is 2. The van der Waals surface area contributed by atoms with Gasteiger partial charge in [-0.05, 0) is 57.2 Å². The molecule has 5 rings (SSSR count). The number of likely N-dealkylation sites (tertiary alicyclic amines) is 1. The molecule has 2 aromatic rings. The molecule has 2 amide bonds. The maximum atomic E-state index is 15.0. The quantitative estimate of drug-likeness (QED) is 0.355. The van der Waals surface area contributed by atoms with E-state index in [4.69, 9.17) is 4.74 Å². The number of aryl methyl sites for hydroxylation is 2. The Morgan fingerprint density at radius 1 is 1.18 bits per heavy atom. The lowest BCUT2D eigenvalue weighted by Crippen LogP contribution is -2.56. The molecule has 0 aromatic heterocycles. The van der Waals surface area contributed by atoms with Gasteiger partial charge in [-0.2, -0.15) is 0 Å². The second-order valence-electron chi connectivity index (χ2n) is 11.3. The van der Waals surface area contributed by atoms with Crippen LogP contribution in [0.3, 0.4) is 0 Å². The standard InChI is InChI=1S/C32H38N2O5S/c1-6-18-33(26-20(3)12-11-13-21(26)4)29(37)27-32-17-16-31(5,40-32)25(30(38)39-7-2)24(32)28(36)34(27)23(19-35)22-14-9-8-10-15-22/h6,8-15,23-25,27,35H,1,7,16-19H2,2-5H3/t23-,24+,25+,27?,31-,32?/m1/s1. The number of fused-ring (bicyclic) bond motifs is 1. The summed E-state index contributed by atoms with van der Waals surface area (Å²) in [5.74, 6) is -2.25. The van der Waals surface area contributed by atoms with E-state index < -0.39 is 33.4 Å². The second-order valence-corrected chi connectivity index (χ2v) is 13.2. The van der Waals surface area contributed by atoms with Gasteiger partial charge in [0.25, 0.3) is 5.91 Å². The Balaban J connectivity index is 1.70. The highest BCUT2D eigenvalue weighted by Gasteiger charge is 2.78. The summed E-state index contributed by atoms with van der Waals surface area (Å²) in [4.78, 5) is 46.3. The van der Waals surface area contributed by atoms with Crippen molar-refractivity contribution in [1.29, 1.82) is 0 Å². The molecule has 2 unspecified atom stereocenters. The zero-order chi connectivity index (χ0) is 28.8. The number of aliphatic hydroxyl groups excluding tert-OH is 1. The van der Waals surface area contributed by atoms with E-state index in [-0.39, 0.29) is 37.5 Å². The zero-order valence-corrected chi connectivity index (χ0v) is 24.4. The summed E-state index contributed by atoms with van der Waals surface area (Å²) < 4.78 is 4.17. The molecule has 0 radical (unpaired) electrons. The molecular formula is C32H38N2O5S. The number of benzene rings is 2. The van der Waals surface area contributed by atoms with Gasteiger partial charge in [0.05, 0.1) is 35.8 Å². The third-order valence-electron chi connectivity index (χ3n) is 8.97. The molecule has 3 aliphatic heterocycles. The minimum atomic E-state index is -0.882. The summed E-state index contributed by atoms with van der Waals surface area (Å²) in [7, 11) is 0. The molecule has 3 fully saturated rings. The summed E-state index contributed by atoms with van der Waals surface area (Å²) in [6.45, 7) is 11.8. The maximum absolute atomic E-state index is 15.0. The first-order valence-electron chi connectivity index (χ1n) is 14.0. The van der Waals surface area contributed by atoms with Gasteiger partial charge in [0.15, 0.2) is 0 Å². The third kappa shape index (κ3) is 4.18. The minimum absolute atomic E-state index is 0.219. The molecule has 2 aromatic carbocycles. The van der Waals surface area contributed by atoms with Crippen molar-refractivity contribution in [2.24, 2.45) is 11.8 Å². The van der Waals surface area contributed by atoms with Crippen molar-refractivity contribution in [2.75, 3.05) is 24.7 Å². The number of rotatable bonds is 9. The Morgan fingerprint density at radius 3 is 2.45 bits per heavy atom. The number of amides is 2. The molecule has 8 heteroatoms. The van der Waals surface area contributed by atoms with Gasteiger partial charge >= 0.3 is 5.97 Å². The summed E-state index contributed by atoms with van der Waals surface area (Å²) in [5, 5.41) is 10.7. The van der Waals surface area contributed by atoms with Gasteiger partial charge in [0.1, 0.15) is 6.04 Å². The molecule has 40 heavy (non-hydrogen) atoms. The number of hydrogen-bond donors (Lipinski definition) is 1. The lowest BCUT2D eigenvalue weighted by Gasteiger charge is -2.40. The van der Waals surface area contributed by atoms with Gasteiger partial charge in [-0.1, -0.05) is 54.6 Å². The first-order valence-corrected chi connectivity index (χ1v) is 14.8. The highest BCUT2D eigenvalue weighted by molar-refractivity contribution is 8.02. The van der Waals surface area contributed by atoms with Crippen LogP contribution in [-0.2, 0) is 19.1 Å². The highest BCUT2D eigenvalue weighted by Crippen LogP contribution is 2.72. The van der Waals surface area contributed by atoms with Crippen LogP contribution < -0.4 is 4.90 Å². The fraction of sp³-hybridized carbons (Fsp3) is 0.469. The highest BCUT2D eigenvalue weighted by atomic mass is 32.2. The smallest absolute Gasteiger partial charge is 0.311 e. The van der Waals surface area contributed by atoms with E-state index in [1.54, 1.807) is 34.6 Å². The summed E-state index contributed by atoms with van der Waals surface area (Å²) in [6, 6.07) is 13.6. The Kier molecular flexibility index (Phi) is 7.61. The van der Waals surface area contributed by atoms with Gasteiger partial charge in [-0.3, -0.25) is 14.4 Å². The fourth-order valence-electron chi connectivity index (χ4n) is 7.40. The normalized spacial score (nSPS) is 29.3. The van der Waals surface area contributed by atoms with Crippen LogP contribution in [0.1, 0.15) is 49.4 Å². The van der Waals surface area contributed by atoms with Crippen molar-refractivity contribution in [3.8, 4) is 0 Å². The van der Waals surface area contributed by atoms with Crippen molar-refractivity contribution >= 4 is 35.2 Å². The Morgan fingerprint density at radius 2 is 1.85 bits per heavy atom. The van der Waals surface area contributed by atoms with E-state index in [0.29, 0.717) is 12.8 Å². The molecule has 3 saturated heterocycles. The van der Waals surface area contributed by atoms with Gasteiger partial charge in [0.2, 0.25) is 5.91 Å². The average Bonchev–Trinajstić information content (AvgIpc) is 3.50. The van der Waals surface area contributed by atoms with Crippen LogP contribution in [0.15, 0.2) is 61.2 Å². The number of anilines is 1. The first-order chi connectivity index (χ1) is 19.1. The molecular weight excluding hydrogens is 524 g/mol. The van der Waals surface area contributed by atoms with Crippen LogP contribution in [0, 0.1) is 25.7 Å². The Hall–Kier alpha value is -3.10. The van der Waals surface area contributed by atoms with Crippen molar-refractivity contribution in [3.63, 3.8) is 0 Å². The lowest BCUT2D eigenvalue weighted by atomic mass is 9.66. The third-order valence-corrected chi connectivity index (χ3v) is 11.0. The van der Waals surface area contributed by atoms with Crippen LogP contribution in [0.4, 0.5) is 5.69 Å². The molecule has 212 valence electrons. The number of para-hydroxylation sites is 1. The number of carbonyl (C=O) groups excluding carboxylic acids is 3. The largest absolute Gasteiger partial charge is 0.466 e. The molecule has 1 N–H and O–H groups in total. The molecule has 2 bridgehead atoms. The van der Waals surface area contributed by atoms with Crippen molar-refractivity contribution < 1.29 is 24.2 Å². The molecule has 6 atom stereocenters. The Bertz CT molecular complexity index is 1310. The second kappa shape index (κ2) is 10.7. The van der Waals surface area contributed by atoms with Crippen LogP contribution in [0.5, 0.6) is 0 Å². The SMILES string of the molecule is C=CCN(C(=O)C1N([C@H](CO)c2ccccc2)C(=O)[C@@H]2[C@@H](C(=O)OCC)[C@@]3(C)CCC12S3)c1c(C)cccc1C. The summed E-state index contributed by atoms with van der Waals surface area (Å²) in [5.41, 5.74) is 3.43. The molecule has 3 heterocycles. The number of ether oxygens (including phenoxy) is 1. The van der Waals surface area contributed by atoms with Crippen LogP contribution >= 0.6 is 11.8 Å². The summed E-state index contributed by atoms with van der Waals surface area (Å²) in [6.07, 6.45) is 3.01. The van der Waals surface area contributed by atoms with Gasteiger partial charge in [0, 0.05) is 17.0 Å². The van der Waals surface area contributed by atoms with E-state index in [0.717, 1.165) is 22.4 Å². The molecule has 1 spiro atoms. The van der Waals surface area contributed by atoms with Gasteiger partial charge in [-0.25, -0.2) is 0 Å². The van der Waals surface area contributed by atoms with Gasteiger partial charge < -0.3 is 19.6 Å². The Labute approximate surface area is 240 Å². The minimum Gasteiger partial charge on any atom is -0.466 e. The van der Waals surface area contributed by atoms with Crippen LogP contribution in [-0.4, -0.2) is 63.1 Å². The van der Waals surface area contributed by atoms with Crippen LogP contribution in [0.25, 0.3) is 0 Å². The van der Waals surface area contributed by atoms with E-state index in [1.807, 2.05) is 69.3 Å². The predicted octanol–water partition coefficient (Wildman–Crippen LogP) is 4.60. The molecule has 0 aliphatic carbocycles. The number of aliphatic hydroxyl groups is 1. The van der Waals surface area contributed by atoms with Crippen molar-refractivity contribution in [1.82, 2.24) is 4.90 Å². The van der Waals surface area contributed by atoms with E-state index >= 15 is 0 Å². The predicted molar refractivity (Wildman–Crippen MR) is 157 cm³/mol. The molecule has 7 nitrogen and oxygen atoms in total. The number of hydrogen-bond acceptors (Lipinski definition) is 6. The molecule has 3 aliphatic rings. The first kappa shape index (κ1) is 28.4. The topological polar surface area (TPSA) is 87.2 Å². The lowest BCUT2D eigenvalue weighted by molar-refractivity contribution is -0.155. The molecule has 0 saturated carbocycles. The number of thioether (sulfide) groups is 1. The van der Waals surface area contributed by atoms with E-state index in [9.17, 15) is 19.5 Å². The van der Waals surface area contributed by atoms with Crippen LogP contribution in [0.2, 0.25) is 0 Å². The van der Waals surface area contributed by atoms with Crippen molar-refractivity contribution in [2.45, 2.75) is 62.1 Å².